The van der Waals surface area contributed by atoms with Gasteiger partial charge in [0, 0.05) is 0 Å². The average molecular weight is 1000 g/mol. The van der Waals surface area contributed by atoms with Gasteiger partial charge in [0.1, 0.15) is 12.2 Å². The summed E-state index contributed by atoms with van der Waals surface area (Å²) >= 11 is 0. The molecule has 0 saturated carbocycles. The SMILES string of the molecule is CCCCCCCCCCCCCC/C=C\CCCCCCCCCCCCCCCCCCC(O)C(=O)NC(CO)C(O)C(O)CCCCCCCCCCCCCCCCCCCCCCCCC. The number of rotatable bonds is 61. The third-order valence-electron chi connectivity index (χ3n) is 15.7. The van der Waals surface area contributed by atoms with Crippen LogP contribution in [0.15, 0.2) is 12.2 Å². The Morgan fingerprint density at radius 2 is 0.563 bits per heavy atom. The van der Waals surface area contributed by atoms with E-state index in [9.17, 15) is 25.2 Å². The van der Waals surface area contributed by atoms with Crippen molar-refractivity contribution in [3.05, 3.63) is 12.2 Å². The molecule has 0 spiro atoms. The summed E-state index contributed by atoms with van der Waals surface area (Å²) in [6.45, 7) is 4.11. The van der Waals surface area contributed by atoms with Crippen molar-refractivity contribution in [1.29, 1.82) is 0 Å². The highest BCUT2D eigenvalue weighted by molar-refractivity contribution is 5.80. The second-order valence-corrected chi connectivity index (χ2v) is 22.8. The van der Waals surface area contributed by atoms with Gasteiger partial charge in [-0.25, -0.2) is 0 Å². The molecule has 0 radical (unpaired) electrons. The third-order valence-corrected chi connectivity index (χ3v) is 15.7. The molecule has 6 heteroatoms. The molecule has 6 nitrogen and oxygen atoms in total. The minimum absolute atomic E-state index is 0.374. The topological polar surface area (TPSA) is 110 Å². The van der Waals surface area contributed by atoms with Crippen LogP contribution in [0.2, 0.25) is 0 Å². The zero-order valence-corrected chi connectivity index (χ0v) is 48.3. The highest BCUT2D eigenvalue weighted by atomic mass is 16.3. The lowest BCUT2D eigenvalue weighted by atomic mass is 9.99. The number of aliphatic hydroxyl groups is 4. The summed E-state index contributed by atoms with van der Waals surface area (Å²) in [5, 5.41) is 44.2. The molecule has 71 heavy (non-hydrogen) atoms. The number of aliphatic hydroxyl groups excluding tert-OH is 4. The van der Waals surface area contributed by atoms with Crippen LogP contribution in [0, 0.1) is 0 Å². The first kappa shape index (κ1) is 70.1. The summed E-state index contributed by atoms with van der Waals surface area (Å²) in [5.41, 5.74) is 0. The Bertz CT molecular complexity index is 1040. The third kappa shape index (κ3) is 53.7. The Morgan fingerprint density at radius 3 is 0.817 bits per heavy atom. The number of hydrogen-bond acceptors (Lipinski definition) is 5. The fraction of sp³-hybridized carbons (Fsp3) is 0.954. The number of nitrogens with one attached hydrogen (secondary N) is 1. The summed E-state index contributed by atoms with van der Waals surface area (Å²) in [6, 6.07) is -0.983. The summed E-state index contributed by atoms with van der Waals surface area (Å²) < 4.78 is 0. The first-order valence-corrected chi connectivity index (χ1v) is 32.6. The lowest BCUT2D eigenvalue weighted by Crippen LogP contribution is -2.53. The predicted octanol–water partition coefficient (Wildman–Crippen LogP) is 19.6. The second kappa shape index (κ2) is 59.9. The van der Waals surface area contributed by atoms with Gasteiger partial charge in [0.05, 0.1) is 18.8 Å². The average Bonchev–Trinajstić information content (AvgIpc) is 3.38. The van der Waals surface area contributed by atoms with E-state index < -0.39 is 36.9 Å². The summed E-state index contributed by atoms with van der Waals surface area (Å²) in [7, 11) is 0. The standard InChI is InChI=1S/C65H129NO5/c1-3-5-7-9-11-13-15-17-19-21-23-25-27-28-29-30-31-32-33-34-35-37-39-41-43-45-47-49-51-53-55-57-59-63(69)65(71)66-61(60-67)64(70)62(68)58-56-54-52-50-48-46-44-42-40-38-36-26-24-22-20-18-16-14-12-10-8-6-4-2/h28-29,61-64,67-70H,3-27,30-60H2,1-2H3,(H,66,71)/b29-28-. The predicted molar refractivity (Wildman–Crippen MR) is 311 cm³/mol. The molecule has 4 atom stereocenters. The maximum Gasteiger partial charge on any atom is 0.249 e. The van der Waals surface area contributed by atoms with Crippen LogP contribution in [-0.4, -0.2) is 57.3 Å². The van der Waals surface area contributed by atoms with Gasteiger partial charge in [-0.05, 0) is 38.5 Å². The van der Waals surface area contributed by atoms with Gasteiger partial charge >= 0.3 is 0 Å². The van der Waals surface area contributed by atoms with E-state index in [0.29, 0.717) is 12.8 Å². The molecule has 0 rings (SSSR count). The molecule has 0 bridgehead atoms. The quantitative estimate of drug-likeness (QED) is 0.0308. The van der Waals surface area contributed by atoms with Crippen LogP contribution in [-0.2, 0) is 4.79 Å². The van der Waals surface area contributed by atoms with Crippen LogP contribution in [0.1, 0.15) is 367 Å². The highest BCUT2D eigenvalue weighted by Gasteiger charge is 2.28. The van der Waals surface area contributed by atoms with Crippen molar-refractivity contribution >= 4 is 5.91 Å². The molecule has 0 aromatic heterocycles. The lowest BCUT2D eigenvalue weighted by Gasteiger charge is -2.27. The lowest BCUT2D eigenvalue weighted by molar-refractivity contribution is -0.132. The Kier molecular flexibility index (Phi) is 59.1. The number of hydrogen-bond donors (Lipinski definition) is 5. The van der Waals surface area contributed by atoms with Crippen molar-refractivity contribution in [2.45, 2.75) is 391 Å². The van der Waals surface area contributed by atoms with Crippen molar-refractivity contribution in [2.24, 2.45) is 0 Å². The fourth-order valence-corrected chi connectivity index (χ4v) is 10.6. The Hall–Kier alpha value is -0.950. The monoisotopic (exact) mass is 1000 g/mol. The van der Waals surface area contributed by atoms with E-state index in [0.717, 1.165) is 38.5 Å². The molecule has 5 N–H and O–H groups in total. The largest absolute Gasteiger partial charge is 0.394 e. The van der Waals surface area contributed by atoms with Crippen molar-refractivity contribution in [2.75, 3.05) is 6.61 Å². The zero-order chi connectivity index (χ0) is 51.6. The van der Waals surface area contributed by atoms with Gasteiger partial charge in [0.2, 0.25) is 5.91 Å². The van der Waals surface area contributed by atoms with Gasteiger partial charge in [-0.15, -0.1) is 0 Å². The van der Waals surface area contributed by atoms with Gasteiger partial charge < -0.3 is 25.7 Å². The van der Waals surface area contributed by atoms with Crippen molar-refractivity contribution < 1.29 is 25.2 Å². The molecule has 0 aliphatic carbocycles. The van der Waals surface area contributed by atoms with Crippen LogP contribution < -0.4 is 5.32 Å². The summed E-state index contributed by atoms with van der Waals surface area (Å²) in [4.78, 5) is 12.6. The van der Waals surface area contributed by atoms with Gasteiger partial charge in [-0.1, -0.05) is 341 Å². The van der Waals surface area contributed by atoms with E-state index in [2.05, 4.69) is 31.3 Å². The summed E-state index contributed by atoms with van der Waals surface area (Å²) in [6.07, 6.45) is 73.1. The van der Waals surface area contributed by atoms with E-state index in [1.54, 1.807) is 0 Å². The van der Waals surface area contributed by atoms with Gasteiger partial charge in [0.25, 0.3) is 0 Å². The van der Waals surface area contributed by atoms with Gasteiger partial charge in [-0.2, -0.15) is 0 Å². The first-order chi connectivity index (χ1) is 35.0. The van der Waals surface area contributed by atoms with Crippen molar-refractivity contribution in [1.82, 2.24) is 5.32 Å². The zero-order valence-electron chi connectivity index (χ0n) is 48.3. The van der Waals surface area contributed by atoms with E-state index in [1.165, 1.54) is 302 Å². The van der Waals surface area contributed by atoms with Crippen LogP contribution in [0.5, 0.6) is 0 Å². The second-order valence-electron chi connectivity index (χ2n) is 22.8. The number of amides is 1. The molecule has 0 aromatic rings. The van der Waals surface area contributed by atoms with E-state index in [4.69, 9.17) is 0 Å². The number of allylic oxidation sites excluding steroid dienone is 2. The molecule has 0 aromatic carbocycles. The Labute approximate surface area is 444 Å². The minimum atomic E-state index is -1.26. The first-order valence-electron chi connectivity index (χ1n) is 32.6. The van der Waals surface area contributed by atoms with Crippen LogP contribution in [0.25, 0.3) is 0 Å². The normalized spacial score (nSPS) is 13.6. The number of carbonyl (C=O) groups is 1. The van der Waals surface area contributed by atoms with Crippen molar-refractivity contribution in [3.63, 3.8) is 0 Å². The molecule has 424 valence electrons. The van der Waals surface area contributed by atoms with Crippen LogP contribution in [0.4, 0.5) is 0 Å². The summed E-state index contributed by atoms with van der Waals surface area (Å²) in [5.74, 6) is -0.576. The molecule has 0 saturated heterocycles. The molecule has 1 amide bonds. The van der Waals surface area contributed by atoms with Crippen LogP contribution >= 0.6 is 0 Å². The number of carbonyl (C=O) groups excluding carboxylic acids is 1. The smallest absolute Gasteiger partial charge is 0.249 e. The minimum Gasteiger partial charge on any atom is -0.394 e. The molecule has 0 fully saturated rings. The highest BCUT2D eigenvalue weighted by Crippen LogP contribution is 2.19. The van der Waals surface area contributed by atoms with E-state index in [1.807, 2.05) is 0 Å². The number of unbranched alkanes of at least 4 members (excludes halogenated alkanes) is 50. The van der Waals surface area contributed by atoms with Gasteiger partial charge in [0.15, 0.2) is 0 Å². The molecular formula is C65H129NO5. The Balaban J connectivity index is 3.54. The van der Waals surface area contributed by atoms with Gasteiger partial charge in [-0.3, -0.25) is 4.79 Å². The molecular weight excluding hydrogens is 875 g/mol. The molecule has 0 aliphatic heterocycles. The van der Waals surface area contributed by atoms with Crippen LogP contribution in [0.3, 0.4) is 0 Å². The molecule has 0 aliphatic rings. The maximum atomic E-state index is 12.6. The van der Waals surface area contributed by atoms with E-state index in [-0.39, 0.29) is 0 Å². The van der Waals surface area contributed by atoms with Crippen molar-refractivity contribution in [3.8, 4) is 0 Å². The fourth-order valence-electron chi connectivity index (χ4n) is 10.6. The molecule has 0 heterocycles. The Morgan fingerprint density at radius 1 is 0.338 bits per heavy atom. The van der Waals surface area contributed by atoms with E-state index >= 15 is 0 Å². The maximum absolute atomic E-state index is 12.6. The molecule has 4 unspecified atom stereocenters.